The zero-order valence-electron chi connectivity index (χ0n) is 11.7. The molecule has 0 atom stereocenters. The molecule has 1 aromatic rings. The Balaban J connectivity index is 2.42. The minimum Gasteiger partial charge on any atom is -0.310 e. The van der Waals surface area contributed by atoms with Crippen LogP contribution in [-0.2, 0) is 6.54 Å². The van der Waals surface area contributed by atoms with E-state index < -0.39 is 0 Å². The summed E-state index contributed by atoms with van der Waals surface area (Å²) in [5.74, 6) is 0.879. The fourth-order valence-corrected chi connectivity index (χ4v) is 2.15. The number of thioether (sulfide) groups is 1. The summed E-state index contributed by atoms with van der Waals surface area (Å²) < 4.78 is 1.84. The van der Waals surface area contributed by atoms with Crippen molar-refractivity contribution in [3.8, 4) is 0 Å². The fourth-order valence-electron chi connectivity index (χ4n) is 1.25. The van der Waals surface area contributed by atoms with Gasteiger partial charge in [0, 0.05) is 17.8 Å². The van der Waals surface area contributed by atoms with Crippen molar-refractivity contribution in [1.29, 1.82) is 0 Å². The minimum absolute atomic E-state index is 0.123. The van der Waals surface area contributed by atoms with E-state index >= 15 is 0 Å². The summed E-state index contributed by atoms with van der Waals surface area (Å²) in [7, 11) is 0. The molecule has 0 radical (unpaired) electrons. The van der Waals surface area contributed by atoms with Crippen LogP contribution in [-0.4, -0.2) is 38.0 Å². The molecule has 0 saturated heterocycles. The number of nitrogens with zero attached hydrogens (tertiary/aromatic N) is 4. The smallest absolute Gasteiger partial charge is 0.209 e. The summed E-state index contributed by atoms with van der Waals surface area (Å²) >= 11 is 1.64. The summed E-state index contributed by atoms with van der Waals surface area (Å²) in [4.78, 5) is 0. The van der Waals surface area contributed by atoms with Gasteiger partial charge >= 0.3 is 0 Å². The first-order valence-electron chi connectivity index (χ1n) is 6.23. The first-order valence-corrected chi connectivity index (χ1v) is 7.21. The zero-order valence-corrected chi connectivity index (χ0v) is 12.5. The summed E-state index contributed by atoms with van der Waals surface area (Å²) in [6.45, 7) is 14.2. The van der Waals surface area contributed by atoms with Gasteiger partial charge in [0.05, 0.1) is 6.54 Å². The van der Waals surface area contributed by atoms with Crippen LogP contribution in [0.4, 0.5) is 0 Å². The molecule has 0 aliphatic rings. The highest BCUT2D eigenvalue weighted by Gasteiger charge is 2.10. The second-order valence-corrected chi connectivity index (χ2v) is 6.20. The highest BCUT2D eigenvalue weighted by Crippen LogP contribution is 2.17. The topological polar surface area (TPSA) is 55.6 Å². The Bertz CT molecular complexity index is 380. The Hall–Kier alpha value is -0.880. The Morgan fingerprint density at radius 3 is 2.78 bits per heavy atom. The number of aromatic nitrogens is 4. The van der Waals surface area contributed by atoms with E-state index in [0.29, 0.717) is 0 Å². The molecule has 1 rings (SSSR count). The van der Waals surface area contributed by atoms with Crippen molar-refractivity contribution in [3.05, 3.63) is 12.2 Å². The molecule has 0 fully saturated rings. The SMILES string of the molecule is C=C(CC)CSc1nnnn1CCNC(C)(C)C. The largest absolute Gasteiger partial charge is 0.310 e. The summed E-state index contributed by atoms with van der Waals surface area (Å²) in [6, 6.07) is 0. The van der Waals surface area contributed by atoms with Crippen LogP contribution < -0.4 is 5.32 Å². The van der Waals surface area contributed by atoms with Gasteiger partial charge < -0.3 is 5.32 Å². The van der Waals surface area contributed by atoms with E-state index in [1.54, 1.807) is 11.8 Å². The molecule has 1 aromatic heterocycles. The summed E-state index contributed by atoms with van der Waals surface area (Å²) in [6.07, 6.45) is 1.00. The number of hydrogen-bond acceptors (Lipinski definition) is 5. The van der Waals surface area contributed by atoms with Crippen molar-refractivity contribution in [2.75, 3.05) is 12.3 Å². The molecule has 0 amide bonds. The molecule has 0 aliphatic heterocycles. The first-order chi connectivity index (χ1) is 8.42. The van der Waals surface area contributed by atoms with E-state index in [4.69, 9.17) is 0 Å². The molecule has 6 heteroatoms. The van der Waals surface area contributed by atoms with Crippen molar-refractivity contribution >= 4 is 11.8 Å². The first kappa shape index (κ1) is 15.2. The lowest BCUT2D eigenvalue weighted by Crippen LogP contribution is -2.38. The lowest BCUT2D eigenvalue weighted by Gasteiger charge is -2.20. The van der Waals surface area contributed by atoms with Crippen LogP contribution >= 0.6 is 11.8 Å². The van der Waals surface area contributed by atoms with Crippen LogP contribution in [0.1, 0.15) is 34.1 Å². The van der Waals surface area contributed by atoms with Gasteiger partial charge in [0.15, 0.2) is 0 Å². The van der Waals surface area contributed by atoms with Crippen LogP contribution in [0.15, 0.2) is 17.3 Å². The predicted octanol–water partition coefficient (Wildman–Crippen LogP) is 2.12. The number of rotatable bonds is 7. The molecule has 0 bridgehead atoms. The third kappa shape index (κ3) is 5.64. The average molecular weight is 269 g/mol. The molecule has 0 spiro atoms. The lowest BCUT2D eigenvalue weighted by atomic mass is 10.1. The molecule has 0 saturated carbocycles. The number of nitrogens with one attached hydrogen (secondary N) is 1. The van der Waals surface area contributed by atoms with Crippen molar-refractivity contribution < 1.29 is 0 Å². The standard InChI is InChI=1S/C12H23N5S/c1-6-10(2)9-18-11-14-15-16-17(11)8-7-13-12(3,4)5/h13H,2,6-9H2,1,3-5H3. The van der Waals surface area contributed by atoms with Crippen LogP contribution in [0.3, 0.4) is 0 Å². The number of hydrogen-bond donors (Lipinski definition) is 1. The normalized spacial score (nSPS) is 11.8. The van der Waals surface area contributed by atoms with Gasteiger partial charge in [-0.05, 0) is 37.6 Å². The maximum absolute atomic E-state index is 4.03. The molecule has 0 unspecified atom stereocenters. The Labute approximate surface area is 113 Å². The molecule has 102 valence electrons. The average Bonchev–Trinajstić information content (AvgIpc) is 2.72. The van der Waals surface area contributed by atoms with E-state index in [1.807, 2.05) is 4.68 Å². The summed E-state index contributed by atoms with van der Waals surface area (Å²) in [5, 5.41) is 16.0. The highest BCUT2D eigenvalue weighted by molar-refractivity contribution is 7.99. The quantitative estimate of drug-likeness (QED) is 0.607. The van der Waals surface area contributed by atoms with Crippen molar-refractivity contribution in [2.24, 2.45) is 0 Å². The third-order valence-corrected chi connectivity index (χ3v) is 3.49. The van der Waals surface area contributed by atoms with Crippen molar-refractivity contribution in [3.63, 3.8) is 0 Å². The third-order valence-electron chi connectivity index (χ3n) is 2.38. The molecular weight excluding hydrogens is 246 g/mol. The molecular formula is C12H23N5S. The van der Waals surface area contributed by atoms with Crippen LogP contribution in [0, 0.1) is 0 Å². The maximum Gasteiger partial charge on any atom is 0.209 e. The van der Waals surface area contributed by atoms with Gasteiger partial charge in [0.2, 0.25) is 5.16 Å². The van der Waals surface area contributed by atoms with Gasteiger partial charge in [0.1, 0.15) is 0 Å². The Kier molecular flexibility index (Phi) is 5.81. The minimum atomic E-state index is 0.123. The molecule has 0 aromatic carbocycles. The second kappa shape index (κ2) is 6.89. The molecule has 5 nitrogen and oxygen atoms in total. The van der Waals surface area contributed by atoms with Gasteiger partial charge in [-0.1, -0.05) is 30.8 Å². The van der Waals surface area contributed by atoms with E-state index in [9.17, 15) is 0 Å². The van der Waals surface area contributed by atoms with Crippen LogP contribution in [0.25, 0.3) is 0 Å². The molecule has 1 N–H and O–H groups in total. The Morgan fingerprint density at radius 2 is 2.17 bits per heavy atom. The van der Waals surface area contributed by atoms with Gasteiger partial charge in [-0.25, -0.2) is 4.68 Å². The molecule has 18 heavy (non-hydrogen) atoms. The van der Waals surface area contributed by atoms with Gasteiger partial charge in [-0.3, -0.25) is 0 Å². The predicted molar refractivity (Wildman–Crippen MR) is 75.7 cm³/mol. The lowest BCUT2D eigenvalue weighted by molar-refractivity contribution is 0.396. The van der Waals surface area contributed by atoms with E-state index in [2.05, 4.69) is 55.1 Å². The van der Waals surface area contributed by atoms with Gasteiger partial charge in [-0.15, -0.1) is 5.10 Å². The van der Waals surface area contributed by atoms with E-state index in [0.717, 1.165) is 30.4 Å². The van der Waals surface area contributed by atoms with Crippen molar-refractivity contribution in [2.45, 2.75) is 51.4 Å². The monoisotopic (exact) mass is 269 g/mol. The number of tetrazole rings is 1. The van der Waals surface area contributed by atoms with Crippen LogP contribution in [0.2, 0.25) is 0 Å². The maximum atomic E-state index is 4.03. The molecule has 0 aliphatic carbocycles. The highest BCUT2D eigenvalue weighted by atomic mass is 32.2. The van der Waals surface area contributed by atoms with Crippen LogP contribution in [0.5, 0.6) is 0 Å². The van der Waals surface area contributed by atoms with Gasteiger partial charge in [0.25, 0.3) is 0 Å². The summed E-state index contributed by atoms with van der Waals surface area (Å²) in [5.41, 5.74) is 1.33. The second-order valence-electron chi connectivity index (χ2n) is 5.25. The Morgan fingerprint density at radius 1 is 1.44 bits per heavy atom. The van der Waals surface area contributed by atoms with Crippen molar-refractivity contribution in [1.82, 2.24) is 25.5 Å². The van der Waals surface area contributed by atoms with Gasteiger partial charge in [-0.2, -0.15) is 0 Å². The fraction of sp³-hybridized carbons (Fsp3) is 0.750. The van der Waals surface area contributed by atoms with E-state index in [1.165, 1.54) is 5.57 Å². The van der Waals surface area contributed by atoms with E-state index in [-0.39, 0.29) is 5.54 Å². The molecule has 1 heterocycles. The zero-order chi connectivity index (χ0) is 13.6.